The molecule has 0 aromatic carbocycles. The summed E-state index contributed by atoms with van der Waals surface area (Å²) in [6.07, 6.45) is 7.97. The van der Waals surface area contributed by atoms with Gasteiger partial charge in [0.05, 0.1) is 12.1 Å². The number of nitrogens with zero attached hydrogens (tertiary/aromatic N) is 2. The number of aromatic nitrogens is 2. The van der Waals surface area contributed by atoms with Crippen molar-refractivity contribution >= 4 is 6.03 Å². The van der Waals surface area contributed by atoms with Crippen molar-refractivity contribution in [1.82, 2.24) is 14.9 Å². The zero-order valence-electron chi connectivity index (χ0n) is 8.72. The largest absolute Gasteiger partial charge is 0.379 e. The van der Waals surface area contributed by atoms with Crippen LogP contribution in [0.2, 0.25) is 0 Å². The van der Waals surface area contributed by atoms with Crippen LogP contribution in [0.1, 0.15) is 19.3 Å². The number of rotatable bonds is 2. The summed E-state index contributed by atoms with van der Waals surface area (Å²) in [5.74, 6) is 0. The molecule has 5 heteroatoms. The lowest BCUT2D eigenvalue weighted by molar-refractivity contribution is 0.0876. The third kappa shape index (κ3) is 2.18. The van der Waals surface area contributed by atoms with Gasteiger partial charge >= 0.3 is 6.03 Å². The first-order valence-corrected chi connectivity index (χ1v) is 5.13. The van der Waals surface area contributed by atoms with E-state index in [9.17, 15) is 4.79 Å². The maximum absolute atomic E-state index is 11.7. The second kappa shape index (κ2) is 4.44. The molecule has 2 rings (SSSR count). The monoisotopic (exact) mass is 209 g/mol. The minimum Gasteiger partial charge on any atom is -0.379 e. The van der Waals surface area contributed by atoms with E-state index >= 15 is 0 Å². The van der Waals surface area contributed by atoms with Gasteiger partial charge in [-0.15, -0.1) is 0 Å². The van der Waals surface area contributed by atoms with Gasteiger partial charge in [-0.25, -0.2) is 9.78 Å². The Morgan fingerprint density at radius 2 is 2.47 bits per heavy atom. The van der Waals surface area contributed by atoms with Crippen LogP contribution < -0.4 is 5.32 Å². The summed E-state index contributed by atoms with van der Waals surface area (Å²) in [6.45, 7) is 0. The maximum Gasteiger partial charge on any atom is 0.327 e. The van der Waals surface area contributed by atoms with Gasteiger partial charge in [0.2, 0.25) is 0 Å². The lowest BCUT2D eigenvalue weighted by Crippen LogP contribution is -2.42. The number of ether oxygens (including phenoxy) is 1. The molecule has 1 N–H and O–H groups in total. The van der Waals surface area contributed by atoms with Crippen LogP contribution in [0, 0.1) is 0 Å². The summed E-state index contributed by atoms with van der Waals surface area (Å²) in [5.41, 5.74) is 0. The predicted octanol–water partition coefficient (Wildman–Crippen LogP) is 1.01. The Labute approximate surface area is 88.4 Å². The molecule has 0 bridgehead atoms. The van der Waals surface area contributed by atoms with Crippen molar-refractivity contribution in [3.63, 3.8) is 0 Å². The van der Waals surface area contributed by atoms with Crippen LogP contribution in [0.5, 0.6) is 0 Å². The molecule has 0 aliphatic heterocycles. The summed E-state index contributed by atoms with van der Waals surface area (Å²) >= 11 is 0. The topological polar surface area (TPSA) is 56.1 Å². The summed E-state index contributed by atoms with van der Waals surface area (Å²) in [5, 5.41) is 2.94. The van der Waals surface area contributed by atoms with E-state index in [4.69, 9.17) is 4.74 Å². The van der Waals surface area contributed by atoms with Gasteiger partial charge in [-0.05, 0) is 19.3 Å². The normalized spacial score (nSPS) is 25.4. The summed E-state index contributed by atoms with van der Waals surface area (Å²) < 4.78 is 6.74. The highest BCUT2D eigenvalue weighted by Gasteiger charge is 2.28. The number of hydrogen-bond acceptors (Lipinski definition) is 3. The zero-order valence-corrected chi connectivity index (χ0v) is 8.72. The average Bonchev–Trinajstić information content (AvgIpc) is 2.87. The van der Waals surface area contributed by atoms with E-state index in [2.05, 4.69) is 10.3 Å². The van der Waals surface area contributed by atoms with E-state index in [1.54, 1.807) is 19.5 Å². The highest BCUT2D eigenvalue weighted by atomic mass is 16.5. The van der Waals surface area contributed by atoms with Crippen LogP contribution in [-0.4, -0.2) is 34.8 Å². The van der Waals surface area contributed by atoms with Gasteiger partial charge in [0, 0.05) is 19.5 Å². The van der Waals surface area contributed by atoms with Crippen LogP contribution in [-0.2, 0) is 4.74 Å². The van der Waals surface area contributed by atoms with Crippen molar-refractivity contribution in [3.05, 3.63) is 18.7 Å². The highest BCUT2D eigenvalue weighted by molar-refractivity contribution is 5.76. The first kappa shape index (κ1) is 10.2. The van der Waals surface area contributed by atoms with Gasteiger partial charge in [-0.1, -0.05) is 0 Å². The predicted molar refractivity (Wildman–Crippen MR) is 54.6 cm³/mol. The summed E-state index contributed by atoms with van der Waals surface area (Å²) in [6, 6.07) is -0.00801. The van der Waals surface area contributed by atoms with Crippen LogP contribution in [0.4, 0.5) is 4.79 Å². The van der Waals surface area contributed by atoms with Gasteiger partial charge in [-0.2, -0.15) is 0 Å². The number of amides is 1. The molecule has 82 valence electrons. The SMILES string of the molecule is COC1CCCC1NC(=O)n1ccnc1. The first-order chi connectivity index (χ1) is 7.31. The fourth-order valence-corrected chi connectivity index (χ4v) is 1.99. The van der Waals surface area contributed by atoms with E-state index in [0.717, 1.165) is 19.3 Å². The Hall–Kier alpha value is -1.36. The second-order valence-corrected chi connectivity index (χ2v) is 3.73. The van der Waals surface area contributed by atoms with Gasteiger partial charge < -0.3 is 10.1 Å². The minimum absolute atomic E-state index is 0.130. The van der Waals surface area contributed by atoms with Crippen molar-refractivity contribution in [2.75, 3.05) is 7.11 Å². The Morgan fingerprint density at radius 1 is 1.60 bits per heavy atom. The number of hydrogen-bond donors (Lipinski definition) is 1. The molecule has 1 aromatic heterocycles. The smallest absolute Gasteiger partial charge is 0.327 e. The molecule has 1 saturated carbocycles. The van der Waals surface area contributed by atoms with Gasteiger partial charge in [0.15, 0.2) is 0 Å². The summed E-state index contributed by atoms with van der Waals surface area (Å²) in [4.78, 5) is 15.5. The number of carbonyl (C=O) groups is 1. The zero-order chi connectivity index (χ0) is 10.7. The fourth-order valence-electron chi connectivity index (χ4n) is 1.99. The number of carbonyl (C=O) groups excluding carboxylic acids is 1. The lowest BCUT2D eigenvalue weighted by Gasteiger charge is -2.19. The van der Waals surface area contributed by atoms with E-state index in [0.29, 0.717) is 0 Å². The average molecular weight is 209 g/mol. The second-order valence-electron chi connectivity index (χ2n) is 3.73. The van der Waals surface area contributed by atoms with Crippen molar-refractivity contribution in [2.24, 2.45) is 0 Å². The number of nitrogens with one attached hydrogen (secondary N) is 1. The molecule has 2 atom stereocenters. The van der Waals surface area contributed by atoms with E-state index in [1.807, 2.05) is 0 Å². The summed E-state index contributed by atoms with van der Waals surface area (Å²) in [7, 11) is 1.69. The molecule has 1 aliphatic rings. The maximum atomic E-state index is 11.7. The third-order valence-corrected chi connectivity index (χ3v) is 2.80. The van der Waals surface area contributed by atoms with Crippen LogP contribution in [0.3, 0.4) is 0 Å². The Balaban J connectivity index is 1.94. The first-order valence-electron chi connectivity index (χ1n) is 5.13. The van der Waals surface area contributed by atoms with Crippen molar-refractivity contribution in [2.45, 2.75) is 31.4 Å². The molecule has 1 aromatic rings. The van der Waals surface area contributed by atoms with Crippen LogP contribution in [0.15, 0.2) is 18.7 Å². The van der Waals surface area contributed by atoms with Gasteiger partial charge in [0.1, 0.15) is 6.33 Å². The Bertz CT molecular complexity index is 323. The van der Waals surface area contributed by atoms with Crippen LogP contribution in [0.25, 0.3) is 0 Å². The molecule has 0 radical (unpaired) electrons. The molecule has 0 spiro atoms. The van der Waals surface area contributed by atoms with Crippen molar-refractivity contribution in [1.29, 1.82) is 0 Å². The highest BCUT2D eigenvalue weighted by Crippen LogP contribution is 2.21. The number of imidazole rings is 1. The van der Waals surface area contributed by atoms with Gasteiger partial charge in [-0.3, -0.25) is 4.57 Å². The molecule has 1 fully saturated rings. The van der Waals surface area contributed by atoms with Crippen LogP contribution >= 0.6 is 0 Å². The van der Waals surface area contributed by atoms with Gasteiger partial charge in [0.25, 0.3) is 0 Å². The third-order valence-electron chi connectivity index (χ3n) is 2.80. The molecule has 15 heavy (non-hydrogen) atoms. The number of methoxy groups -OCH3 is 1. The molecule has 0 saturated heterocycles. The molecular weight excluding hydrogens is 194 g/mol. The Kier molecular flexibility index (Phi) is 3.01. The Morgan fingerprint density at radius 3 is 3.13 bits per heavy atom. The minimum atomic E-state index is -0.138. The van der Waals surface area contributed by atoms with Crippen molar-refractivity contribution in [3.8, 4) is 0 Å². The standard InChI is InChI=1S/C10H15N3O2/c1-15-9-4-2-3-8(9)12-10(14)13-6-5-11-7-13/h5-9H,2-4H2,1H3,(H,12,14). The molecule has 5 nitrogen and oxygen atoms in total. The quantitative estimate of drug-likeness (QED) is 0.790. The lowest BCUT2D eigenvalue weighted by atomic mass is 10.2. The van der Waals surface area contributed by atoms with Crippen molar-refractivity contribution < 1.29 is 9.53 Å². The molecular formula is C10H15N3O2. The molecule has 2 unspecified atom stereocenters. The fraction of sp³-hybridized carbons (Fsp3) is 0.600. The molecule has 1 amide bonds. The van der Waals surface area contributed by atoms with E-state index < -0.39 is 0 Å². The molecule has 1 aliphatic carbocycles. The van der Waals surface area contributed by atoms with E-state index in [-0.39, 0.29) is 18.2 Å². The van der Waals surface area contributed by atoms with E-state index in [1.165, 1.54) is 10.9 Å². The molecule has 1 heterocycles.